The lowest BCUT2D eigenvalue weighted by atomic mass is 9.45. The van der Waals surface area contributed by atoms with E-state index in [1.54, 1.807) is 0 Å². The summed E-state index contributed by atoms with van der Waals surface area (Å²) in [6.45, 7) is 6.42. The summed E-state index contributed by atoms with van der Waals surface area (Å²) in [4.78, 5) is 25.0. The molecule has 0 bridgehead atoms. The number of aliphatic hydroxyl groups is 1. The van der Waals surface area contributed by atoms with Gasteiger partial charge in [-0.15, -0.1) is 0 Å². The van der Waals surface area contributed by atoms with Crippen molar-refractivity contribution in [2.75, 3.05) is 6.61 Å². The van der Waals surface area contributed by atoms with E-state index in [4.69, 9.17) is 9.31 Å². The van der Waals surface area contributed by atoms with Crippen LogP contribution in [0.4, 0.5) is 0 Å². The maximum absolute atomic E-state index is 13.0. The largest absolute Gasteiger partial charge is 0.454 e. The zero-order valence-corrected chi connectivity index (χ0v) is 17.2. The number of fused-ring (bicyclic) bond motifs is 6. The van der Waals surface area contributed by atoms with Gasteiger partial charge in [-0.05, 0) is 74.6 Å². The van der Waals surface area contributed by atoms with Gasteiger partial charge in [-0.1, -0.05) is 19.4 Å². The number of Topliss-reactive ketones (excluding diaryl/α,β-unsaturated/α-hetero) is 1. The Labute approximate surface area is 167 Å². The third-order valence-electron chi connectivity index (χ3n) is 9.28. The van der Waals surface area contributed by atoms with Crippen molar-refractivity contribution in [2.45, 2.75) is 77.3 Å². The van der Waals surface area contributed by atoms with Crippen molar-refractivity contribution >= 4 is 18.7 Å². The first-order valence-corrected chi connectivity index (χ1v) is 11.0. The van der Waals surface area contributed by atoms with E-state index in [1.165, 1.54) is 5.57 Å². The molecule has 0 radical (unpaired) electrons. The van der Waals surface area contributed by atoms with Gasteiger partial charge < -0.3 is 14.4 Å². The van der Waals surface area contributed by atoms with E-state index < -0.39 is 11.7 Å². The second kappa shape index (κ2) is 6.02. The molecule has 4 fully saturated rings. The first kappa shape index (κ1) is 19.0. The molecule has 28 heavy (non-hydrogen) atoms. The Hall–Kier alpha value is -0.975. The van der Waals surface area contributed by atoms with Crippen molar-refractivity contribution in [3.63, 3.8) is 0 Å². The van der Waals surface area contributed by atoms with Crippen LogP contribution in [-0.2, 0) is 18.9 Å². The number of aliphatic hydroxyl groups excluding tert-OH is 1. The number of rotatable bonds is 0. The molecule has 1 heterocycles. The fourth-order valence-electron chi connectivity index (χ4n) is 8.02. The molecule has 5 nitrogen and oxygen atoms in total. The van der Waals surface area contributed by atoms with Crippen LogP contribution in [0.3, 0.4) is 0 Å². The molecular weight excluding hydrogens is 355 g/mol. The summed E-state index contributed by atoms with van der Waals surface area (Å²) in [6, 6.07) is 0. The molecule has 1 saturated heterocycles. The minimum atomic E-state index is -0.819. The monoisotopic (exact) mass is 386 g/mol. The van der Waals surface area contributed by atoms with Gasteiger partial charge in [-0.25, -0.2) is 0 Å². The van der Waals surface area contributed by atoms with Crippen molar-refractivity contribution in [1.82, 2.24) is 0 Å². The van der Waals surface area contributed by atoms with Crippen molar-refractivity contribution in [2.24, 2.45) is 28.6 Å². The van der Waals surface area contributed by atoms with Gasteiger partial charge in [-0.3, -0.25) is 9.59 Å². The Bertz CT molecular complexity index is 764. The van der Waals surface area contributed by atoms with Gasteiger partial charge in [0.25, 0.3) is 0 Å². The van der Waals surface area contributed by atoms with E-state index in [0.717, 1.165) is 32.1 Å². The molecule has 1 N–H and O–H groups in total. The van der Waals surface area contributed by atoms with Crippen LogP contribution in [0.15, 0.2) is 11.6 Å². The van der Waals surface area contributed by atoms with Crippen molar-refractivity contribution in [3.05, 3.63) is 11.6 Å². The molecule has 7 unspecified atom stereocenters. The van der Waals surface area contributed by atoms with Crippen LogP contribution in [0.5, 0.6) is 0 Å². The summed E-state index contributed by atoms with van der Waals surface area (Å²) in [7, 11) is -0.383. The number of carbonyl (C=O) groups excluding carboxylic acids is 2. The average molecular weight is 386 g/mol. The number of hydrogen-bond donors (Lipinski definition) is 1. The maximum Gasteiger partial charge on any atom is 0.454 e. The number of allylic oxidation sites excluding steroid dienone is 1. The summed E-state index contributed by atoms with van der Waals surface area (Å²) in [5.74, 6) is 1.19. The Morgan fingerprint density at radius 1 is 1.18 bits per heavy atom. The van der Waals surface area contributed by atoms with Crippen LogP contribution in [0.25, 0.3) is 0 Å². The smallest absolute Gasteiger partial charge is 0.404 e. The summed E-state index contributed by atoms with van der Waals surface area (Å²) < 4.78 is 11.7. The fraction of sp³-hybridized carbons (Fsp3) is 0.818. The van der Waals surface area contributed by atoms with E-state index in [-0.39, 0.29) is 42.0 Å². The number of hydrogen-bond acceptors (Lipinski definition) is 5. The van der Waals surface area contributed by atoms with Crippen LogP contribution >= 0.6 is 0 Å². The lowest BCUT2D eigenvalue weighted by molar-refractivity contribution is -0.185. The van der Waals surface area contributed by atoms with Gasteiger partial charge in [0, 0.05) is 11.8 Å². The molecule has 6 heteroatoms. The zero-order valence-electron chi connectivity index (χ0n) is 17.2. The second-order valence-corrected chi connectivity index (χ2v) is 10.4. The highest BCUT2D eigenvalue weighted by molar-refractivity contribution is 6.44. The third-order valence-corrected chi connectivity index (χ3v) is 9.28. The van der Waals surface area contributed by atoms with Gasteiger partial charge in [0.05, 0.1) is 12.7 Å². The van der Waals surface area contributed by atoms with E-state index in [2.05, 4.69) is 13.8 Å². The first-order chi connectivity index (χ1) is 13.2. The lowest BCUT2D eigenvalue weighted by Gasteiger charge is -2.61. The van der Waals surface area contributed by atoms with E-state index >= 15 is 0 Å². The lowest BCUT2D eigenvalue weighted by Crippen LogP contribution is -2.65. The quantitative estimate of drug-likeness (QED) is 0.648. The van der Waals surface area contributed by atoms with E-state index in [1.807, 2.05) is 12.9 Å². The van der Waals surface area contributed by atoms with Gasteiger partial charge in [0.1, 0.15) is 5.60 Å². The number of carbonyl (C=O) groups is 2. The summed E-state index contributed by atoms with van der Waals surface area (Å²) in [6.07, 6.45) is 7.03. The van der Waals surface area contributed by atoms with E-state index in [0.29, 0.717) is 24.7 Å². The molecule has 152 valence electrons. The SMILES string of the molecule is CB1OCC(=O)C2(CCC3C4CCC5=CC(=O)CCC5(C)C4C(O)CC32C)O1. The Morgan fingerprint density at radius 2 is 1.96 bits per heavy atom. The molecule has 7 atom stereocenters. The molecule has 0 amide bonds. The minimum Gasteiger partial charge on any atom is -0.404 e. The zero-order chi connectivity index (χ0) is 19.9. The van der Waals surface area contributed by atoms with Crippen LogP contribution in [0.2, 0.25) is 6.82 Å². The molecule has 3 saturated carbocycles. The Balaban J connectivity index is 1.54. The molecule has 0 aromatic heterocycles. The molecular formula is C22H31BO5. The predicted molar refractivity (Wildman–Crippen MR) is 104 cm³/mol. The van der Waals surface area contributed by atoms with Crippen LogP contribution in [0, 0.1) is 28.6 Å². The molecule has 5 rings (SSSR count). The number of ketones is 2. The van der Waals surface area contributed by atoms with E-state index in [9.17, 15) is 14.7 Å². The molecule has 0 aromatic carbocycles. The minimum absolute atomic E-state index is 0.0483. The summed E-state index contributed by atoms with van der Waals surface area (Å²) in [5.41, 5.74) is -0.0281. The molecule has 1 aliphatic heterocycles. The second-order valence-electron chi connectivity index (χ2n) is 10.4. The van der Waals surface area contributed by atoms with Crippen molar-refractivity contribution < 1.29 is 24.0 Å². The normalized spacial score (nSPS) is 50.9. The predicted octanol–water partition coefficient (Wildman–Crippen LogP) is 2.96. The average Bonchev–Trinajstić information content (AvgIpc) is 2.91. The highest BCUT2D eigenvalue weighted by atomic mass is 16.6. The van der Waals surface area contributed by atoms with Crippen molar-refractivity contribution in [3.8, 4) is 0 Å². The Kier molecular flexibility index (Phi) is 4.09. The van der Waals surface area contributed by atoms with Crippen LogP contribution < -0.4 is 0 Å². The summed E-state index contributed by atoms with van der Waals surface area (Å²) >= 11 is 0. The summed E-state index contributed by atoms with van der Waals surface area (Å²) in [5, 5.41) is 11.4. The van der Waals surface area contributed by atoms with Gasteiger partial charge in [0.15, 0.2) is 11.6 Å². The fourth-order valence-corrected chi connectivity index (χ4v) is 8.02. The molecule has 5 aliphatic rings. The van der Waals surface area contributed by atoms with Gasteiger partial charge >= 0.3 is 7.12 Å². The van der Waals surface area contributed by atoms with Gasteiger partial charge in [0.2, 0.25) is 0 Å². The van der Waals surface area contributed by atoms with Crippen LogP contribution in [0.1, 0.15) is 58.8 Å². The first-order valence-electron chi connectivity index (χ1n) is 11.0. The highest BCUT2D eigenvalue weighted by Gasteiger charge is 2.70. The Morgan fingerprint density at radius 3 is 2.75 bits per heavy atom. The maximum atomic E-state index is 13.0. The topological polar surface area (TPSA) is 72.8 Å². The highest BCUT2D eigenvalue weighted by Crippen LogP contribution is 2.68. The molecule has 0 aromatic rings. The van der Waals surface area contributed by atoms with Crippen LogP contribution in [-0.4, -0.2) is 42.1 Å². The standard InChI is InChI=1S/C22H31BO5/c1-20-8-6-14(24)10-13(20)4-5-15-16-7-9-22(18(26)12-27-23(3)28-22)21(16,2)11-17(25)19(15)20/h10,15-17,19,25H,4-9,11-12H2,1-3H3. The van der Waals surface area contributed by atoms with Crippen molar-refractivity contribution in [1.29, 1.82) is 0 Å². The van der Waals surface area contributed by atoms with Gasteiger partial charge in [-0.2, -0.15) is 0 Å². The third kappa shape index (κ3) is 2.26. The molecule has 4 aliphatic carbocycles. The molecule has 1 spiro atoms.